The maximum absolute atomic E-state index is 13.5. The molecular formula is C21H30BrClN7O2+. The van der Waals surface area contributed by atoms with Gasteiger partial charge in [0.05, 0.1) is 0 Å². The molecule has 0 unspecified atom stereocenters. The number of anilines is 1. The average Bonchev–Trinajstić information content (AvgIpc) is 2.94. The molecule has 0 spiro atoms. The van der Waals surface area contributed by atoms with Crippen LogP contribution in [-0.4, -0.2) is 47.8 Å². The van der Waals surface area contributed by atoms with Gasteiger partial charge in [0.1, 0.15) is 12.1 Å². The van der Waals surface area contributed by atoms with Crippen molar-refractivity contribution in [3.63, 3.8) is 0 Å². The SMILES string of the molecule is Cc1c[n+](O)c(Cn2c(=O)n(CCN(C(C)C)C(C)C)c3c(Cl)nc(N)nc32)c(C)c1Br. The number of rotatable bonds is 7. The van der Waals surface area contributed by atoms with Crippen molar-refractivity contribution in [1.29, 1.82) is 0 Å². The van der Waals surface area contributed by atoms with E-state index in [9.17, 15) is 10.0 Å². The van der Waals surface area contributed by atoms with Gasteiger partial charge < -0.3 is 5.73 Å². The van der Waals surface area contributed by atoms with E-state index in [-0.39, 0.29) is 23.3 Å². The second-order valence-corrected chi connectivity index (χ2v) is 9.68. The molecule has 3 aromatic heterocycles. The summed E-state index contributed by atoms with van der Waals surface area (Å²) in [5.41, 5.74) is 8.58. The van der Waals surface area contributed by atoms with Gasteiger partial charge in [0.15, 0.2) is 10.8 Å². The standard InChI is InChI=1S/C21H30BrClN7O2/c1-11(2)27(12(3)4)7-8-28-17-18(23)25-20(24)26-19(17)29(21(28)31)10-15-14(6)16(22)13(5)9-30(15)32/h9,11-12,32H,7-8,10H2,1-6H3,(H2,24,25,26)/q+1. The van der Waals surface area contributed by atoms with Gasteiger partial charge in [-0.1, -0.05) is 11.6 Å². The Balaban J connectivity index is 2.16. The van der Waals surface area contributed by atoms with E-state index >= 15 is 0 Å². The summed E-state index contributed by atoms with van der Waals surface area (Å²) in [7, 11) is 0. The van der Waals surface area contributed by atoms with Gasteiger partial charge in [-0.3, -0.25) is 19.2 Å². The second kappa shape index (κ2) is 9.36. The van der Waals surface area contributed by atoms with Crippen LogP contribution in [0.25, 0.3) is 11.2 Å². The molecule has 0 saturated heterocycles. The Labute approximate surface area is 200 Å². The highest BCUT2D eigenvalue weighted by molar-refractivity contribution is 9.10. The summed E-state index contributed by atoms with van der Waals surface area (Å²) in [5.74, 6) is -0.0157. The summed E-state index contributed by atoms with van der Waals surface area (Å²) < 4.78 is 4.97. The number of nitrogens with two attached hydrogens (primary N) is 1. The van der Waals surface area contributed by atoms with Crippen molar-refractivity contribution in [2.24, 2.45) is 0 Å². The van der Waals surface area contributed by atoms with Crippen molar-refractivity contribution in [2.75, 3.05) is 12.3 Å². The lowest BCUT2D eigenvalue weighted by atomic mass is 10.1. The van der Waals surface area contributed by atoms with Crippen LogP contribution in [0.3, 0.4) is 0 Å². The maximum Gasteiger partial charge on any atom is 0.330 e. The molecule has 32 heavy (non-hydrogen) atoms. The zero-order chi connectivity index (χ0) is 23.9. The summed E-state index contributed by atoms with van der Waals surface area (Å²) in [6.45, 7) is 13.4. The summed E-state index contributed by atoms with van der Waals surface area (Å²) in [6.07, 6.45) is 1.59. The van der Waals surface area contributed by atoms with Crippen LogP contribution in [0, 0.1) is 13.8 Å². The summed E-state index contributed by atoms with van der Waals surface area (Å²) in [6, 6.07) is 0.643. The van der Waals surface area contributed by atoms with Crippen molar-refractivity contribution in [1.82, 2.24) is 24.0 Å². The molecule has 9 nitrogen and oxygen atoms in total. The fraction of sp³-hybridized carbons (Fsp3) is 0.524. The lowest BCUT2D eigenvalue weighted by Gasteiger charge is -2.30. The van der Waals surface area contributed by atoms with Crippen LogP contribution < -0.4 is 16.2 Å². The molecule has 0 saturated carbocycles. The normalized spacial score (nSPS) is 12.1. The molecule has 3 aromatic rings. The fourth-order valence-corrected chi connectivity index (χ4v) is 4.72. The van der Waals surface area contributed by atoms with Gasteiger partial charge in [-0.2, -0.15) is 9.97 Å². The number of aryl methyl sites for hydroxylation is 1. The first-order valence-corrected chi connectivity index (χ1v) is 11.7. The molecule has 11 heteroatoms. The molecule has 0 aliphatic carbocycles. The Morgan fingerprint density at radius 3 is 2.44 bits per heavy atom. The fourth-order valence-electron chi connectivity index (χ4n) is 4.12. The van der Waals surface area contributed by atoms with Crippen molar-refractivity contribution >= 4 is 44.6 Å². The Kier molecular flexibility index (Phi) is 7.16. The molecule has 3 rings (SSSR count). The third-order valence-electron chi connectivity index (χ3n) is 5.74. The highest BCUT2D eigenvalue weighted by atomic mass is 79.9. The van der Waals surface area contributed by atoms with Crippen molar-refractivity contribution in [3.05, 3.63) is 43.1 Å². The lowest BCUT2D eigenvalue weighted by molar-refractivity contribution is -0.910. The zero-order valence-corrected chi connectivity index (χ0v) is 21.6. The van der Waals surface area contributed by atoms with Gasteiger partial charge in [0.2, 0.25) is 12.1 Å². The number of pyridine rings is 1. The molecule has 0 aliphatic rings. The number of halogens is 2. The first-order valence-electron chi connectivity index (χ1n) is 10.5. The van der Waals surface area contributed by atoms with Crippen LogP contribution in [0.4, 0.5) is 5.95 Å². The summed E-state index contributed by atoms with van der Waals surface area (Å²) in [4.78, 5) is 24.2. The third-order valence-corrected chi connectivity index (χ3v) is 7.23. The van der Waals surface area contributed by atoms with E-state index in [0.29, 0.717) is 42.0 Å². The quantitative estimate of drug-likeness (QED) is 0.278. The highest BCUT2D eigenvalue weighted by Crippen LogP contribution is 2.24. The van der Waals surface area contributed by atoms with E-state index in [1.54, 1.807) is 10.8 Å². The van der Waals surface area contributed by atoms with Gasteiger partial charge in [-0.05, 0) is 57.5 Å². The molecule has 0 bridgehead atoms. The van der Waals surface area contributed by atoms with Gasteiger partial charge in [-0.15, -0.1) is 0 Å². The molecule has 3 heterocycles. The minimum Gasteiger partial charge on any atom is -0.368 e. The molecule has 0 aliphatic heterocycles. The number of hydrogen-bond acceptors (Lipinski definition) is 6. The van der Waals surface area contributed by atoms with Crippen LogP contribution in [0.2, 0.25) is 5.15 Å². The zero-order valence-electron chi connectivity index (χ0n) is 19.2. The van der Waals surface area contributed by atoms with Crippen LogP contribution in [0.5, 0.6) is 0 Å². The number of nitrogens with zero attached hydrogens (tertiary/aromatic N) is 6. The number of aromatic nitrogens is 5. The van der Waals surface area contributed by atoms with Gasteiger partial charge in [0.25, 0.3) is 5.69 Å². The minimum atomic E-state index is -0.287. The van der Waals surface area contributed by atoms with Crippen LogP contribution in [-0.2, 0) is 13.1 Å². The van der Waals surface area contributed by atoms with Crippen molar-refractivity contribution in [3.8, 4) is 0 Å². The van der Waals surface area contributed by atoms with E-state index in [2.05, 4.69) is 58.5 Å². The Bertz CT molecular complexity index is 1210. The Hall–Kier alpha value is -2.17. The smallest absolute Gasteiger partial charge is 0.330 e. The minimum absolute atomic E-state index is 0.0157. The molecule has 0 fully saturated rings. The molecule has 0 aromatic carbocycles. The van der Waals surface area contributed by atoms with Crippen LogP contribution in [0.1, 0.15) is 44.5 Å². The molecule has 0 atom stereocenters. The van der Waals surface area contributed by atoms with E-state index in [0.717, 1.165) is 20.3 Å². The van der Waals surface area contributed by atoms with Crippen molar-refractivity contribution < 1.29 is 9.94 Å². The van der Waals surface area contributed by atoms with Gasteiger partial charge in [-0.25, -0.2) is 4.79 Å². The molecule has 174 valence electrons. The number of fused-ring (bicyclic) bond motifs is 1. The molecular weight excluding hydrogens is 498 g/mol. The third kappa shape index (κ3) is 4.49. The Morgan fingerprint density at radius 2 is 1.84 bits per heavy atom. The monoisotopic (exact) mass is 526 g/mol. The highest BCUT2D eigenvalue weighted by Gasteiger charge is 2.26. The van der Waals surface area contributed by atoms with Gasteiger partial charge >= 0.3 is 5.69 Å². The number of nitrogen functional groups attached to an aromatic ring is 1. The van der Waals surface area contributed by atoms with Crippen LogP contribution in [0.15, 0.2) is 15.5 Å². The number of hydrogen-bond donors (Lipinski definition) is 2. The Morgan fingerprint density at radius 1 is 1.22 bits per heavy atom. The van der Waals surface area contributed by atoms with Crippen molar-refractivity contribution in [2.45, 2.75) is 66.7 Å². The predicted molar refractivity (Wildman–Crippen MR) is 128 cm³/mol. The molecule has 0 amide bonds. The lowest BCUT2D eigenvalue weighted by Crippen LogP contribution is -2.41. The summed E-state index contributed by atoms with van der Waals surface area (Å²) in [5, 5.41) is 10.6. The predicted octanol–water partition coefficient (Wildman–Crippen LogP) is 2.90. The topological polar surface area (TPSA) is 106 Å². The summed E-state index contributed by atoms with van der Waals surface area (Å²) >= 11 is 9.98. The first-order chi connectivity index (χ1) is 14.9. The van der Waals surface area contributed by atoms with E-state index in [1.165, 1.54) is 4.57 Å². The largest absolute Gasteiger partial charge is 0.368 e. The average molecular weight is 528 g/mol. The maximum atomic E-state index is 13.5. The van der Waals surface area contributed by atoms with E-state index < -0.39 is 0 Å². The van der Waals surface area contributed by atoms with Gasteiger partial charge in [0, 0.05) is 45.5 Å². The first kappa shape index (κ1) is 24.5. The second-order valence-electron chi connectivity index (χ2n) is 8.53. The van der Waals surface area contributed by atoms with Crippen LogP contribution >= 0.6 is 27.5 Å². The van der Waals surface area contributed by atoms with E-state index in [4.69, 9.17) is 17.3 Å². The van der Waals surface area contributed by atoms with E-state index in [1.807, 2.05) is 13.8 Å². The number of imidazole rings is 1. The molecule has 0 radical (unpaired) electrons. The molecule has 3 N–H and O–H groups in total.